The molecule has 1 rings (SSSR count). The second-order valence-corrected chi connectivity index (χ2v) is 18.2. The molecule has 0 aliphatic carbocycles. The van der Waals surface area contributed by atoms with Gasteiger partial charge >= 0.3 is 0 Å². The Bertz CT molecular complexity index is 860. The van der Waals surface area contributed by atoms with Crippen molar-refractivity contribution in [3.63, 3.8) is 0 Å². The largest absolute Gasteiger partial charge is 0.394 e. The van der Waals surface area contributed by atoms with Gasteiger partial charge in [-0.1, -0.05) is 245 Å². The van der Waals surface area contributed by atoms with Crippen molar-refractivity contribution in [1.82, 2.24) is 5.32 Å². The van der Waals surface area contributed by atoms with Crippen LogP contribution in [-0.4, -0.2) is 76.3 Å². The van der Waals surface area contributed by atoms with Gasteiger partial charge in [0.2, 0.25) is 5.91 Å². The molecule has 1 amide bonds. The van der Waals surface area contributed by atoms with Gasteiger partial charge in [0.25, 0.3) is 0 Å². The molecule has 6 atom stereocenters. The number of nitrogens with one attached hydrogen (secondary N) is 1. The van der Waals surface area contributed by atoms with Gasteiger partial charge in [-0.25, -0.2) is 0 Å². The van der Waals surface area contributed by atoms with E-state index in [9.17, 15) is 25.2 Å². The van der Waals surface area contributed by atoms with E-state index in [4.69, 9.17) is 9.47 Å². The molecule has 0 spiro atoms. The van der Waals surface area contributed by atoms with E-state index in [1.165, 1.54) is 212 Å². The van der Waals surface area contributed by atoms with Gasteiger partial charge in [0.15, 0.2) is 6.29 Å². The molecule has 1 aliphatic rings. The molecule has 5 N–H and O–H groups in total. The Morgan fingerprint density at radius 1 is 0.483 bits per heavy atom. The number of carbonyl (C=O) groups is 1. The minimum absolute atomic E-state index is 0.0243. The minimum atomic E-state index is -1.48. The molecule has 0 aromatic rings. The average molecular weight is 826 g/mol. The summed E-state index contributed by atoms with van der Waals surface area (Å²) in [7, 11) is 0. The van der Waals surface area contributed by atoms with Gasteiger partial charge in [0.1, 0.15) is 24.4 Å². The van der Waals surface area contributed by atoms with Gasteiger partial charge in [-0.2, -0.15) is 0 Å². The molecule has 1 saturated heterocycles. The topological polar surface area (TPSA) is 128 Å². The molecule has 1 aliphatic heterocycles. The third-order valence-electron chi connectivity index (χ3n) is 12.6. The first-order chi connectivity index (χ1) is 28.4. The predicted octanol–water partition coefficient (Wildman–Crippen LogP) is 12.5. The Hall–Kier alpha value is -0.770. The van der Waals surface area contributed by atoms with Crippen LogP contribution in [0.25, 0.3) is 0 Å². The zero-order valence-electron chi connectivity index (χ0n) is 38.5. The number of rotatable bonds is 44. The summed E-state index contributed by atoms with van der Waals surface area (Å²) in [6, 6.07) is -0.235. The van der Waals surface area contributed by atoms with Crippen LogP contribution in [0.5, 0.6) is 0 Å². The fourth-order valence-electron chi connectivity index (χ4n) is 8.57. The maximum absolute atomic E-state index is 13.0. The first kappa shape index (κ1) is 55.2. The van der Waals surface area contributed by atoms with Gasteiger partial charge in [-0.05, 0) is 12.8 Å². The second kappa shape index (κ2) is 41.6. The summed E-state index contributed by atoms with van der Waals surface area (Å²) in [5, 5.41) is 43.5. The van der Waals surface area contributed by atoms with Crippen molar-refractivity contribution < 1.29 is 34.7 Å². The van der Waals surface area contributed by atoms with Crippen molar-refractivity contribution in [1.29, 1.82) is 0 Å². The molecule has 0 aromatic heterocycles. The summed E-state index contributed by atoms with van der Waals surface area (Å²) in [4.78, 5) is 13.0. The molecule has 1 fully saturated rings. The molecule has 0 radical (unpaired) electrons. The fraction of sp³-hybridized carbons (Fsp3) is 0.980. The van der Waals surface area contributed by atoms with Crippen LogP contribution in [0, 0.1) is 0 Å². The lowest BCUT2D eigenvalue weighted by atomic mass is 9.99. The first-order valence-corrected chi connectivity index (χ1v) is 25.7. The van der Waals surface area contributed by atoms with Crippen molar-refractivity contribution in [2.75, 3.05) is 13.2 Å². The lowest BCUT2D eigenvalue weighted by Gasteiger charge is -2.40. The normalized spacial score (nSPS) is 20.1. The van der Waals surface area contributed by atoms with Gasteiger partial charge < -0.3 is 35.2 Å². The maximum atomic E-state index is 13.0. The third kappa shape index (κ3) is 32.0. The van der Waals surface area contributed by atoms with Gasteiger partial charge in [0, 0.05) is 6.42 Å². The number of aliphatic hydroxyl groups is 4. The molecule has 58 heavy (non-hydrogen) atoms. The summed E-state index contributed by atoms with van der Waals surface area (Å²) < 4.78 is 11.4. The third-order valence-corrected chi connectivity index (χ3v) is 12.6. The Balaban J connectivity index is 2.15. The highest BCUT2D eigenvalue weighted by atomic mass is 16.7. The van der Waals surface area contributed by atoms with Crippen molar-refractivity contribution in [2.45, 2.75) is 301 Å². The zero-order valence-corrected chi connectivity index (χ0v) is 38.5. The molecule has 8 heteroatoms. The molecule has 346 valence electrons. The smallest absolute Gasteiger partial charge is 0.220 e. The van der Waals surface area contributed by atoms with E-state index in [-0.39, 0.29) is 18.6 Å². The van der Waals surface area contributed by atoms with Crippen molar-refractivity contribution in [2.24, 2.45) is 0 Å². The van der Waals surface area contributed by atoms with Crippen LogP contribution in [0.2, 0.25) is 0 Å². The number of amides is 1. The van der Waals surface area contributed by atoms with Crippen molar-refractivity contribution in [3.05, 3.63) is 0 Å². The van der Waals surface area contributed by atoms with Crippen LogP contribution in [0.3, 0.4) is 0 Å². The minimum Gasteiger partial charge on any atom is -0.394 e. The Kier molecular flexibility index (Phi) is 39.6. The number of hydrogen-bond donors (Lipinski definition) is 5. The molecule has 1 heterocycles. The molecule has 0 bridgehead atoms. The summed E-state index contributed by atoms with van der Waals surface area (Å²) >= 11 is 0. The Morgan fingerprint density at radius 2 is 0.810 bits per heavy atom. The van der Waals surface area contributed by atoms with Crippen LogP contribution in [-0.2, 0) is 14.3 Å². The predicted molar refractivity (Wildman–Crippen MR) is 243 cm³/mol. The Labute approximate surface area is 359 Å². The molecular weight excluding hydrogens is 727 g/mol. The molecule has 0 saturated carbocycles. The fourth-order valence-corrected chi connectivity index (χ4v) is 8.57. The Morgan fingerprint density at radius 3 is 1.16 bits per heavy atom. The van der Waals surface area contributed by atoms with Gasteiger partial charge in [-0.3, -0.25) is 4.79 Å². The van der Waals surface area contributed by atoms with Gasteiger partial charge in [-0.15, -0.1) is 0 Å². The molecule has 0 aromatic carbocycles. The second-order valence-electron chi connectivity index (χ2n) is 18.2. The average Bonchev–Trinajstić information content (AvgIpc) is 3.22. The zero-order chi connectivity index (χ0) is 42.2. The van der Waals surface area contributed by atoms with E-state index in [0.717, 1.165) is 32.1 Å². The van der Waals surface area contributed by atoms with Crippen molar-refractivity contribution >= 4 is 5.91 Å². The highest BCUT2D eigenvalue weighted by Crippen LogP contribution is 2.23. The lowest BCUT2D eigenvalue weighted by molar-refractivity contribution is -0.302. The van der Waals surface area contributed by atoms with Crippen LogP contribution in [0.4, 0.5) is 0 Å². The molecule has 0 unspecified atom stereocenters. The summed E-state index contributed by atoms with van der Waals surface area (Å²) in [6.07, 6.45) is 43.8. The van der Waals surface area contributed by atoms with Crippen molar-refractivity contribution in [3.8, 4) is 0 Å². The number of unbranched alkanes of at least 4 members (excludes halogenated alkanes) is 35. The molecule has 8 nitrogen and oxygen atoms in total. The van der Waals surface area contributed by atoms with E-state index in [1.54, 1.807) is 0 Å². The quantitative estimate of drug-likeness (QED) is 0.0387. The molecular formula is C50H99NO7. The highest BCUT2D eigenvalue weighted by Gasteiger charge is 2.44. The number of aliphatic hydroxyl groups excluding tert-OH is 4. The number of ether oxygens (including phenoxy) is 2. The SMILES string of the molecule is CCCCCCCCCCCCCCCCCCCCCCCCCC(=O)N[C@H](CCCCCCCCCCCCCCCC)CO[C@H]1O[C@H](CO)[C@H](O)[C@H](O)[C@H]1O. The lowest BCUT2D eigenvalue weighted by Crippen LogP contribution is -2.59. The van der Waals surface area contributed by atoms with E-state index >= 15 is 0 Å². The van der Waals surface area contributed by atoms with E-state index in [0.29, 0.717) is 6.42 Å². The summed E-state index contributed by atoms with van der Waals surface area (Å²) in [5.41, 5.74) is 0. The van der Waals surface area contributed by atoms with E-state index < -0.39 is 37.3 Å². The number of hydrogen-bond acceptors (Lipinski definition) is 7. The first-order valence-electron chi connectivity index (χ1n) is 25.7. The van der Waals surface area contributed by atoms with Gasteiger partial charge in [0.05, 0.1) is 19.3 Å². The van der Waals surface area contributed by atoms with Crippen LogP contribution in [0.15, 0.2) is 0 Å². The standard InChI is InChI=1S/C50H99NO7/c1-3-5-7-9-11-13-15-17-19-20-21-22-23-24-25-26-27-29-31-33-35-37-39-41-46(53)51-44(43-57-50-49(56)48(55)47(54)45(42-52)58-50)40-38-36-34-32-30-28-18-16-14-12-10-8-6-4-2/h44-45,47-50,52,54-56H,3-43H2,1-2H3,(H,51,53)/t44-,45-,47+,48+,49-,50+/m1/s1. The van der Waals surface area contributed by atoms with E-state index in [1.807, 2.05) is 0 Å². The van der Waals surface area contributed by atoms with E-state index in [2.05, 4.69) is 19.2 Å². The summed E-state index contributed by atoms with van der Waals surface area (Å²) in [5.74, 6) is 0.0243. The monoisotopic (exact) mass is 826 g/mol. The maximum Gasteiger partial charge on any atom is 0.220 e. The van der Waals surface area contributed by atoms with Crippen LogP contribution >= 0.6 is 0 Å². The summed E-state index contributed by atoms with van der Waals surface area (Å²) in [6.45, 7) is 4.19. The van der Waals surface area contributed by atoms with Crippen LogP contribution < -0.4 is 5.32 Å². The highest BCUT2D eigenvalue weighted by molar-refractivity contribution is 5.76. The van der Waals surface area contributed by atoms with Crippen LogP contribution in [0.1, 0.15) is 264 Å². The number of carbonyl (C=O) groups excluding carboxylic acids is 1.